The Balaban J connectivity index is 1.49. The molecule has 2 aromatic carbocycles. The third kappa shape index (κ3) is 7.97. The molecule has 1 N–H and O–H groups in total. The summed E-state index contributed by atoms with van der Waals surface area (Å²) in [5.74, 6) is 2.83. The first-order valence-corrected chi connectivity index (χ1v) is 11.8. The van der Waals surface area contributed by atoms with Gasteiger partial charge in [0.25, 0.3) is 0 Å². The molecular weight excluding hydrogens is 460 g/mol. The SMILES string of the molecule is CCCC(Cc1ccc(OCCN(C)c2cc(Oc3ccc(OC)cc3)ncn2)cc1)C(=O)NC=O. The molecule has 9 heteroatoms. The molecule has 1 aromatic heterocycles. The lowest BCUT2D eigenvalue weighted by Crippen LogP contribution is -2.30. The first-order valence-electron chi connectivity index (χ1n) is 11.8. The zero-order chi connectivity index (χ0) is 25.8. The second-order valence-corrected chi connectivity index (χ2v) is 8.22. The van der Waals surface area contributed by atoms with E-state index in [2.05, 4.69) is 15.3 Å². The van der Waals surface area contributed by atoms with Gasteiger partial charge < -0.3 is 19.1 Å². The van der Waals surface area contributed by atoms with Crippen molar-refractivity contribution in [3.05, 3.63) is 66.5 Å². The molecular formula is C27H32N4O5. The van der Waals surface area contributed by atoms with Crippen LogP contribution in [0, 0.1) is 5.92 Å². The third-order valence-electron chi connectivity index (χ3n) is 5.61. The van der Waals surface area contributed by atoms with E-state index in [1.54, 1.807) is 13.2 Å². The number of aromatic nitrogens is 2. The molecule has 0 saturated heterocycles. The van der Waals surface area contributed by atoms with Crippen LogP contribution in [0.4, 0.5) is 5.82 Å². The van der Waals surface area contributed by atoms with E-state index < -0.39 is 0 Å². The van der Waals surface area contributed by atoms with Crippen LogP contribution in [0.15, 0.2) is 60.9 Å². The fourth-order valence-corrected chi connectivity index (χ4v) is 3.63. The van der Waals surface area contributed by atoms with E-state index in [9.17, 15) is 9.59 Å². The Morgan fingerprint density at radius 2 is 1.75 bits per heavy atom. The molecule has 3 aromatic rings. The second kappa shape index (κ2) is 13.7. The van der Waals surface area contributed by atoms with Crippen LogP contribution in [-0.4, -0.2) is 49.6 Å². The Hall–Kier alpha value is -4.14. The molecule has 1 heterocycles. The van der Waals surface area contributed by atoms with E-state index in [1.807, 2.05) is 67.4 Å². The van der Waals surface area contributed by atoms with E-state index in [4.69, 9.17) is 14.2 Å². The largest absolute Gasteiger partial charge is 0.497 e. The molecule has 9 nitrogen and oxygen atoms in total. The van der Waals surface area contributed by atoms with Gasteiger partial charge in [-0.15, -0.1) is 0 Å². The zero-order valence-electron chi connectivity index (χ0n) is 20.8. The van der Waals surface area contributed by atoms with Gasteiger partial charge >= 0.3 is 0 Å². The molecule has 2 amide bonds. The first kappa shape index (κ1) is 26.5. The Morgan fingerprint density at radius 3 is 2.42 bits per heavy atom. The summed E-state index contributed by atoms with van der Waals surface area (Å²) in [6.45, 7) is 3.07. The maximum absolute atomic E-state index is 12.1. The van der Waals surface area contributed by atoms with Crippen molar-refractivity contribution in [2.24, 2.45) is 5.92 Å². The third-order valence-corrected chi connectivity index (χ3v) is 5.61. The van der Waals surface area contributed by atoms with Gasteiger partial charge in [-0.05, 0) is 54.8 Å². The molecule has 0 saturated carbocycles. The average Bonchev–Trinajstić information content (AvgIpc) is 2.90. The second-order valence-electron chi connectivity index (χ2n) is 8.22. The summed E-state index contributed by atoms with van der Waals surface area (Å²) in [4.78, 5) is 33.1. The molecule has 0 spiro atoms. The summed E-state index contributed by atoms with van der Waals surface area (Å²) >= 11 is 0. The van der Waals surface area contributed by atoms with E-state index in [0.717, 1.165) is 29.9 Å². The highest BCUT2D eigenvalue weighted by Crippen LogP contribution is 2.24. The summed E-state index contributed by atoms with van der Waals surface area (Å²) in [6.07, 6.45) is 4.07. The van der Waals surface area contributed by atoms with Crippen molar-refractivity contribution in [1.29, 1.82) is 0 Å². The van der Waals surface area contributed by atoms with Crippen LogP contribution < -0.4 is 24.4 Å². The van der Waals surface area contributed by atoms with Crippen LogP contribution in [-0.2, 0) is 16.0 Å². The molecule has 0 fully saturated rings. The zero-order valence-corrected chi connectivity index (χ0v) is 20.8. The molecule has 1 unspecified atom stereocenters. The minimum atomic E-state index is -0.238. The fourth-order valence-electron chi connectivity index (χ4n) is 3.63. The molecule has 190 valence electrons. The predicted molar refractivity (Wildman–Crippen MR) is 137 cm³/mol. The van der Waals surface area contributed by atoms with Crippen molar-refractivity contribution in [2.45, 2.75) is 26.2 Å². The average molecular weight is 493 g/mol. The summed E-state index contributed by atoms with van der Waals surface area (Å²) in [6, 6.07) is 16.7. The van der Waals surface area contributed by atoms with E-state index in [0.29, 0.717) is 43.4 Å². The highest BCUT2D eigenvalue weighted by molar-refractivity contribution is 5.87. The van der Waals surface area contributed by atoms with Crippen molar-refractivity contribution in [2.75, 3.05) is 32.2 Å². The number of carbonyl (C=O) groups is 2. The number of imide groups is 1. The number of amides is 2. The topological polar surface area (TPSA) is 103 Å². The van der Waals surface area contributed by atoms with E-state index >= 15 is 0 Å². The van der Waals surface area contributed by atoms with Gasteiger partial charge in [0.05, 0.1) is 13.7 Å². The van der Waals surface area contributed by atoms with Gasteiger partial charge in [0, 0.05) is 19.0 Å². The Labute approximate surface area is 211 Å². The molecule has 3 rings (SSSR count). The van der Waals surface area contributed by atoms with Crippen molar-refractivity contribution >= 4 is 18.1 Å². The maximum atomic E-state index is 12.1. The highest BCUT2D eigenvalue weighted by atomic mass is 16.5. The van der Waals surface area contributed by atoms with Crippen molar-refractivity contribution in [3.63, 3.8) is 0 Å². The number of anilines is 1. The first-order chi connectivity index (χ1) is 17.5. The molecule has 1 atom stereocenters. The molecule has 0 bridgehead atoms. The van der Waals surface area contributed by atoms with Gasteiger partial charge in [-0.2, -0.15) is 0 Å². The van der Waals surface area contributed by atoms with Crippen LogP contribution in [0.2, 0.25) is 0 Å². The van der Waals surface area contributed by atoms with Crippen LogP contribution in [0.5, 0.6) is 23.1 Å². The van der Waals surface area contributed by atoms with Crippen LogP contribution in [0.1, 0.15) is 25.3 Å². The Morgan fingerprint density at radius 1 is 1.06 bits per heavy atom. The van der Waals surface area contributed by atoms with Gasteiger partial charge in [0.1, 0.15) is 36.0 Å². The molecule has 0 aliphatic carbocycles. The monoisotopic (exact) mass is 492 g/mol. The molecule has 0 radical (unpaired) electrons. The van der Waals surface area contributed by atoms with Crippen molar-refractivity contribution < 1.29 is 23.8 Å². The van der Waals surface area contributed by atoms with Gasteiger partial charge in [-0.25, -0.2) is 9.97 Å². The van der Waals surface area contributed by atoms with Gasteiger partial charge in [0.2, 0.25) is 18.2 Å². The number of ether oxygens (including phenoxy) is 3. The standard InChI is InChI=1S/C27H32N4O5/c1-4-5-21(27(33)30-19-32)16-20-6-8-23(9-7-20)35-15-14-31(2)25-17-26(29-18-28-25)36-24-12-10-22(34-3)11-13-24/h6-13,17-19,21H,4-5,14-16H2,1-3H3,(H,30,32,33). The number of likely N-dealkylation sites (N-methyl/N-ethyl adjacent to an activating group) is 1. The normalized spacial score (nSPS) is 11.3. The van der Waals surface area contributed by atoms with Gasteiger partial charge in [0.15, 0.2) is 0 Å². The number of hydrogen-bond acceptors (Lipinski definition) is 8. The lowest BCUT2D eigenvalue weighted by molar-refractivity contribution is -0.128. The summed E-state index contributed by atoms with van der Waals surface area (Å²) in [7, 11) is 3.54. The van der Waals surface area contributed by atoms with Crippen LogP contribution in [0.25, 0.3) is 0 Å². The number of methoxy groups -OCH3 is 1. The van der Waals surface area contributed by atoms with Gasteiger partial charge in [-0.1, -0.05) is 25.5 Å². The summed E-state index contributed by atoms with van der Waals surface area (Å²) < 4.78 is 16.9. The number of nitrogens with zero attached hydrogens (tertiary/aromatic N) is 3. The molecule has 36 heavy (non-hydrogen) atoms. The lowest BCUT2D eigenvalue weighted by Gasteiger charge is -2.19. The van der Waals surface area contributed by atoms with E-state index in [1.165, 1.54) is 6.33 Å². The maximum Gasteiger partial charge on any atom is 0.229 e. The number of hydrogen-bond donors (Lipinski definition) is 1. The highest BCUT2D eigenvalue weighted by Gasteiger charge is 2.17. The Kier molecular flexibility index (Phi) is 10.1. The van der Waals surface area contributed by atoms with Gasteiger partial charge in [-0.3, -0.25) is 14.9 Å². The minimum absolute atomic E-state index is 0.230. The van der Waals surface area contributed by atoms with Crippen molar-refractivity contribution in [3.8, 4) is 23.1 Å². The van der Waals surface area contributed by atoms with Crippen LogP contribution in [0.3, 0.4) is 0 Å². The minimum Gasteiger partial charge on any atom is -0.497 e. The lowest BCUT2D eigenvalue weighted by atomic mass is 9.94. The smallest absolute Gasteiger partial charge is 0.229 e. The molecule has 0 aliphatic rings. The number of nitrogens with one attached hydrogen (secondary N) is 1. The summed E-state index contributed by atoms with van der Waals surface area (Å²) in [5, 5.41) is 2.26. The fraction of sp³-hybridized carbons (Fsp3) is 0.333. The van der Waals surface area contributed by atoms with Crippen molar-refractivity contribution in [1.82, 2.24) is 15.3 Å². The predicted octanol–water partition coefficient (Wildman–Crippen LogP) is 4.02. The summed E-state index contributed by atoms with van der Waals surface area (Å²) in [5.41, 5.74) is 1.02. The number of carbonyl (C=O) groups excluding carboxylic acids is 2. The number of rotatable bonds is 14. The number of benzene rings is 2. The van der Waals surface area contributed by atoms with E-state index in [-0.39, 0.29) is 11.8 Å². The quantitative estimate of drug-likeness (QED) is 0.337. The molecule has 0 aliphatic heterocycles. The van der Waals surface area contributed by atoms with Crippen LogP contribution >= 0.6 is 0 Å². The Bertz CT molecular complexity index is 1110.